The number of halogens is 3. The Morgan fingerprint density at radius 1 is 1.17 bits per heavy atom. The predicted molar refractivity (Wildman–Crippen MR) is 97.3 cm³/mol. The molecule has 0 aliphatic carbocycles. The Bertz CT molecular complexity index is 694. The van der Waals surface area contributed by atoms with E-state index >= 15 is 0 Å². The molecule has 7 heteroatoms. The highest BCUT2D eigenvalue weighted by molar-refractivity contribution is 9.13. The van der Waals surface area contributed by atoms with Crippen LogP contribution in [0.25, 0.3) is 0 Å². The largest absolute Gasteiger partial charge is 0.335 e. The summed E-state index contributed by atoms with van der Waals surface area (Å²) < 4.78 is 15.5. The van der Waals surface area contributed by atoms with E-state index in [0.717, 1.165) is 26.2 Å². The van der Waals surface area contributed by atoms with E-state index in [4.69, 9.17) is 0 Å². The number of benzene rings is 1. The minimum atomic E-state index is -0.167. The monoisotopic (exact) mass is 460 g/mol. The van der Waals surface area contributed by atoms with Crippen LogP contribution in [0, 0.1) is 5.82 Å². The maximum absolute atomic E-state index is 13.7. The molecule has 2 heterocycles. The summed E-state index contributed by atoms with van der Waals surface area (Å²) in [7, 11) is 0. The van der Waals surface area contributed by atoms with Crippen LogP contribution >= 0.6 is 43.2 Å². The summed E-state index contributed by atoms with van der Waals surface area (Å²) in [5, 5.41) is 0. The second-order valence-electron chi connectivity index (χ2n) is 5.39. The average Bonchev–Trinajstić information content (AvgIpc) is 2.89. The fourth-order valence-corrected chi connectivity index (χ4v) is 4.59. The van der Waals surface area contributed by atoms with Gasteiger partial charge in [0.1, 0.15) is 5.82 Å². The molecule has 1 aliphatic heterocycles. The third-order valence-electron chi connectivity index (χ3n) is 3.87. The molecule has 3 rings (SSSR count). The molecule has 1 aromatic carbocycles. The van der Waals surface area contributed by atoms with E-state index in [2.05, 4.69) is 36.8 Å². The molecule has 0 saturated carbocycles. The van der Waals surface area contributed by atoms with Gasteiger partial charge in [0, 0.05) is 42.8 Å². The summed E-state index contributed by atoms with van der Waals surface area (Å²) in [6.45, 7) is 3.44. The molecule has 1 aliphatic rings. The van der Waals surface area contributed by atoms with Crippen molar-refractivity contribution in [1.29, 1.82) is 0 Å². The van der Waals surface area contributed by atoms with E-state index < -0.39 is 0 Å². The van der Waals surface area contributed by atoms with Gasteiger partial charge in [-0.25, -0.2) is 4.39 Å². The Morgan fingerprint density at radius 2 is 1.87 bits per heavy atom. The molecule has 1 saturated heterocycles. The van der Waals surface area contributed by atoms with E-state index in [-0.39, 0.29) is 11.7 Å². The van der Waals surface area contributed by atoms with Gasteiger partial charge < -0.3 is 4.90 Å². The first-order chi connectivity index (χ1) is 11.0. The molecule has 0 bridgehead atoms. The lowest BCUT2D eigenvalue weighted by atomic mass is 10.2. The number of nitrogens with zero attached hydrogens (tertiary/aromatic N) is 2. The number of amides is 1. The van der Waals surface area contributed by atoms with Crippen LogP contribution in [0.4, 0.5) is 4.39 Å². The van der Waals surface area contributed by atoms with Crippen LogP contribution in [0.1, 0.15) is 15.2 Å². The van der Waals surface area contributed by atoms with Gasteiger partial charge >= 0.3 is 0 Å². The Balaban J connectivity index is 1.58. The van der Waals surface area contributed by atoms with Crippen LogP contribution in [0.2, 0.25) is 0 Å². The van der Waals surface area contributed by atoms with Crippen LogP contribution in [-0.4, -0.2) is 41.9 Å². The fourth-order valence-electron chi connectivity index (χ4n) is 2.58. The Labute approximate surface area is 155 Å². The second kappa shape index (κ2) is 7.42. The molecule has 0 unspecified atom stereocenters. The molecular weight excluding hydrogens is 447 g/mol. The second-order valence-corrected chi connectivity index (χ2v) is 8.62. The van der Waals surface area contributed by atoms with Crippen LogP contribution in [0.15, 0.2) is 38.6 Å². The lowest BCUT2D eigenvalue weighted by molar-refractivity contribution is 0.0631. The van der Waals surface area contributed by atoms with Gasteiger partial charge in [-0.1, -0.05) is 18.2 Å². The van der Waals surface area contributed by atoms with Gasteiger partial charge in [0.05, 0.1) is 8.66 Å². The standard InChI is InChI=1S/C16H15Br2FN2OS/c17-12-9-14(23-15(12)18)16(22)21-7-5-20(6-8-21)10-11-3-1-2-4-13(11)19/h1-4,9H,5-8,10H2. The number of hydrogen-bond donors (Lipinski definition) is 0. The van der Waals surface area contributed by atoms with Crippen molar-refractivity contribution in [2.75, 3.05) is 26.2 Å². The minimum Gasteiger partial charge on any atom is -0.335 e. The fraction of sp³-hybridized carbons (Fsp3) is 0.312. The van der Waals surface area contributed by atoms with Gasteiger partial charge in [-0.2, -0.15) is 0 Å². The zero-order valence-electron chi connectivity index (χ0n) is 12.3. The first-order valence-electron chi connectivity index (χ1n) is 7.24. The number of carbonyl (C=O) groups excluding carboxylic acids is 1. The normalized spacial score (nSPS) is 15.9. The number of piperazine rings is 1. The zero-order chi connectivity index (χ0) is 16.4. The van der Waals surface area contributed by atoms with Crippen molar-refractivity contribution in [2.24, 2.45) is 0 Å². The number of thiophene rings is 1. The molecule has 23 heavy (non-hydrogen) atoms. The summed E-state index contributed by atoms with van der Waals surface area (Å²) in [5.41, 5.74) is 0.707. The van der Waals surface area contributed by atoms with E-state index in [1.807, 2.05) is 23.1 Å². The molecule has 0 radical (unpaired) electrons. The molecule has 0 atom stereocenters. The molecule has 1 amide bonds. The number of carbonyl (C=O) groups is 1. The third kappa shape index (κ3) is 4.02. The Morgan fingerprint density at radius 3 is 2.48 bits per heavy atom. The van der Waals surface area contributed by atoms with Crippen molar-refractivity contribution in [3.8, 4) is 0 Å². The molecule has 3 nitrogen and oxygen atoms in total. The maximum Gasteiger partial charge on any atom is 0.264 e. The highest BCUT2D eigenvalue weighted by Crippen LogP contribution is 2.33. The van der Waals surface area contributed by atoms with Crippen LogP contribution in [0.3, 0.4) is 0 Å². The predicted octanol–water partition coefficient (Wildman–Crippen LogP) is 4.37. The molecule has 1 aromatic heterocycles. The highest BCUT2D eigenvalue weighted by Gasteiger charge is 2.24. The quantitative estimate of drug-likeness (QED) is 0.677. The molecular formula is C16H15Br2FN2OS. The first-order valence-corrected chi connectivity index (χ1v) is 9.64. The van der Waals surface area contributed by atoms with Gasteiger partial charge in [0.15, 0.2) is 0 Å². The van der Waals surface area contributed by atoms with Crippen molar-refractivity contribution in [1.82, 2.24) is 9.80 Å². The highest BCUT2D eigenvalue weighted by atomic mass is 79.9. The van der Waals surface area contributed by atoms with Crippen LogP contribution in [-0.2, 0) is 6.54 Å². The average molecular weight is 462 g/mol. The lowest BCUT2D eigenvalue weighted by Gasteiger charge is -2.34. The van der Waals surface area contributed by atoms with Gasteiger partial charge in [0.25, 0.3) is 5.91 Å². The zero-order valence-corrected chi connectivity index (χ0v) is 16.3. The Kier molecular flexibility index (Phi) is 5.51. The van der Waals surface area contributed by atoms with Gasteiger partial charge in [-0.3, -0.25) is 9.69 Å². The van der Waals surface area contributed by atoms with Gasteiger partial charge in [-0.15, -0.1) is 11.3 Å². The minimum absolute atomic E-state index is 0.0620. The van der Waals surface area contributed by atoms with E-state index in [9.17, 15) is 9.18 Å². The van der Waals surface area contributed by atoms with E-state index in [1.54, 1.807) is 6.07 Å². The number of rotatable bonds is 3. The van der Waals surface area contributed by atoms with Crippen molar-refractivity contribution >= 4 is 49.1 Å². The molecule has 0 spiro atoms. The van der Waals surface area contributed by atoms with Crippen molar-refractivity contribution in [3.63, 3.8) is 0 Å². The summed E-state index contributed by atoms with van der Waals surface area (Å²) in [4.78, 5) is 17.3. The van der Waals surface area contributed by atoms with Gasteiger partial charge in [0.2, 0.25) is 0 Å². The summed E-state index contributed by atoms with van der Waals surface area (Å²) in [5.74, 6) is -0.105. The smallest absolute Gasteiger partial charge is 0.264 e. The Hall–Kier alpha value is -0.760. The van der Waals surface area contributed by atoms with Crippen LogP contribution in [0.5, 0.6) is 0 Å². The molecule has 2 aromatic rings. The maximum atomic E-state index is 13.7. The van der Waals surface area contributed by atoms with Crippen molar-refractivity contribution in [2.45, 2.75) is 6.54 Å². The van der Waals surface area contributed by atoms with Crippen molar-refractivity contribution in [3.05, 3.63) is 54.8 Å². The third-order valence-corrected chi connectivity index (χ3v) is 7.11. The summed E-state index contributed by atoms with van der Waals surface area (Å²) >= 11 is 8.27. The lowest BCUT2D eigenvalue weighted by Crippen LogP contribution is -2.48. The number of hydrogen-bond acceptors (Lipinski definition) is 3. The molecule has 122 valence electrons. The topological polar surface area (TPSA) is 23.6 Å². The SMILES string of the molecule is O=C(c1cc(Br)c(Br)s1)N1CCN(Cc2ccccc2F)CC1. The summed E-state index contributed by atoms with van der Waals surface area (Å²) in [6, 6.07) is 8.70. The molecule has 0 N–H and O–H groups in total. The first kappa shape index (κ1) is 17.1. The molecule has 1 fully saturated rings. The van der Waals surface area contributed by atoms with Crippen LogP contribution < -0.4 is 0 Å². The van der Waals surface area contributed by atoms with Crippen molar-refractivity contribution < 1.29 is 9.18 Å². The van der Waals surface area contributed by atoms with E-state index in [1.165, 1.54) is 17.4 Å². The summed E-state index contributed by atoms with van der Waals surface area (Å²) in [6.07, 6.45) is 0. The van der Waals surface area contributed by atoms with E-state index in [0.29, 0.717) is 25.2 Å². The van der Waals surface area contributed by atoms with Gasteiger partial charge in [-0.05, 0) is 44.0 Å².